The fourth-order valence-corrected chi connectivity index (χ4v) is 5.27. The lowest BCUT2D eigenvalue weighted by Crippen LogP contribution is -2.07. The minimum atomic E-state index is -0.999. The first kappa shape index (κ1) is 37.7. The second-order valence-electron chi connectivity index (χ2n) is 11.9. The predicted molar refractivity (Wildman–Crippen MR) is 190 cm³/mol. The van der Waals surface area contributed by atoms with Crippen LogP contribution in [0.5, 0.6) is 11.5 Å². The van der Waals surface area contributed by atoms with E-state index in [1.54, 1.807) is 60.7 Å². The molecule has 0 aliphatic rings. The van der Waals surface area contributed by atoms with Crippen molar-refractivity contribution in [1.82, 2.24) is 0 Å². The van der Waals surface area contributed by atoms with Gasteiger partial charge >= 0.3 is 17.9 Å². The van der Waals surface area contributed by atoms with Gasteiger partial charge in [-0.15, -0.1) is 0 Å². The van der Waals surface area contributed by atoms with Gasteiger partial charge in [-0.05, 0) is 91.4 Å². The summed E-state index contributed by atoms with van der Waals surface area (Å²) in [4.78, 5) is 36.1. The van der Waals surface area contributed by atoms with Crippen LogP contribution in [-0.2, 0) is 16.0 Å². The maximum Gasteiger partial charge on any atom is 0.338 e. The van der Waals surface area contributed by atoms with Crippen molar-refractivity contribution in [3.05, 3.63) is 89.0 Å². The number of carboxylic acids is 1. The van der Waals surface area contributed by atoms with Crippen molar-refractivity contribution in [3.63, 3.8) is 0 Å². The van der Waals surface area contributed by atoms with Gasteiger partial charge in [0.25, 0.3) is 0 Å². The van der Waals surface area contributed by atoms with Crippen LogP contribution >= 0.6 is 0 Å². The summed E-state index contributed by atoms with van der Waals surface area (Å²) in [6.07, 6.45) is 16.2. The maximum absolute atomic E-state index is 12.4. The fourth-order valence-electron chi connectivity index (χ4n) is 5.27. The van der Waals surface area contributed by atoms with Gasteiger partial charge in [-0.1, -0.05) is 76.8 Å². The van der Waals surface area contributed by atoms with Crippen molar-refractivity contribution in [2.24, 2.45) is 0 Å². The summed E-state index contributed by atoms with van der Waals surface area (Å²) in [5, 5.41) is 9.42. The Labute approximate surface area is 284 Å². The number of esters is 2. The minimum absolute atomic E-state index is 0.197. The highest BCUT2D eigenvalue weighted by Crippen LogP contribution is 2.24. The van der Waals surface area contributed by atoms with Crippen LogP contribution < -0.4 is 20.9 Å². The topological polar surface area (TPSA) is 151 Å². The van der Waals surface area contributed by atoms with E-state index in [4.69, 9.17) is 25.7 Å². The Kier molecular flexibility index (Phi) is 16.6. The summed E-state index contributed by atoms with van der Waals surface area (Å²) in [5.41, 5.74) is 14.6. The van der Waals surface area contributed by atoms with Crippen molar-refractivity contribution in [1.29, 1.82) is 0 Å². The molecule has 258 valence electrons. The highest BCUT2D eigenvalue weighted by Gasteiger charge is 2.14. The van der Waals surface area contributed by atoms with Gasteiger partial charge in [0.15, 0.2) is 0 Å². The van der Waals surface area contributed by atoms with E-state index >= 15 is 0 Å². The number of nitrogens with two attached hydrogens (primary N) is 2. The lowest BCUT2D eigenvalue weighted by atomic mass is 9.98. The van der Waals surface area contributed by atoms with E-state index in [1.807, 2.05) is 0 Å². The SMILES string of the molecule is CCCCCOc1ccc(OC(=O)/C=C/c2ccc(C(=O)OCCCCCCCCCCCc3c(N)cc(N)cc3C(=O)O)cc2)cc1. The molecule has 0 amide bonds. The molecule has 48 heavy (non-hydrogen) atoms. The van der Waals surface area contributed by atoms with Crippen LogP contribution in [0.15, 0.2) is 66.7 Å². The second kappa shape index (κ2) is 21.2. The first-order chi connectivity index (χ1) is 23.3. The number of nitrogen functional groups attached to an aromatic ring is 2. The van der Waals surface area contributed by atoms with Crippen molar-refractivity contribution in [3.8, 4) is 11.5 Å². The zero-order valence-corrected chi connectivity index (χ0v) is 28.1. The summed E-state index contributed by atoms with van der Waals surface area (Å²) in [5.74, 6) is -0.675. The number of ether oxygens (including phenoxy) is 3. The van der Waals surface area contributed by atoms with Crippen molar-refractivity contribution in [2.75, 3.05) is 24.7 Å². The van der Waals surface area contributed by atoms with Crippen molar-refractivity contribution >= 4 is 35.4 Å². The van der Waals surface area contributed by atoms with Gasteiger partial charge < -0.3 is 30.8 Å². The molecule has 9 heteroatoms. The summed E-state index contributed by atoms with van der Waals surface area (Å²) in [6.45, 7) is 3.20. The highest BCUT2D eigenvalue weighted by atomic mass is 16.5. The number of aromatic carboxylic acids is 1. The van der Waals surface area contributed by atoms with Crippen LogP contribution in [-0.4, -0.2) is 36.2 Å². The molecule has 3 aromatic rings. The van der Waals surface area contributed by atoms with Crippen molar-refractivity contribution < 1.29 is 33.7 Å². The standard InChI is InChI=1S/C39H50N2O7/c1-2-3-12-25-46-32-20-22-33(23-21-32)48-37(42)24-17-29-15-18-30(19-16-29)39(45)47-26-13-10-8-6-4-5-7-9-11-14-34-35(38(43)44)27-31(40)28-36(34)41/h15-24,27-28H,2-14,25-26,40-41H2,1H3,(H,43,44)/b24-17+. The zero-order valence-electron chi connectivity index (χ0n) is 28.1. The Bertz CT molecular complexity index is 1470. The van der Waals surface area contributed by atoms with E-state index in [0.717, 1.165) is 88.4 Å². The third-order valence-electron chi connectivity index (χ3n) is 7.96. The second-order valence-corrected chi connectivity index (χ2v) is 11.9. The fraction of sp³-hybridized carbons (Fsp3) is 0.410. The minimum Gasteiger partial charge on any atom is -0.494 e. The summed E-state index contributed by atoms with van der Waals surface area (Å²) in [7, 11) is 0. The first-order valence-corrected chi connectivity index (χ1v) is 17.1. The molecule has 0 unspecified atom stereocenters. The third kappa shape index (κ3) is 13.9. The molecule has 0 radical (unpaired) electrons. The Balaban J connectivity index is 1.22. The first-order valence-electron chi connectivity index (χ1n) is 17.1. The number of anilines is 2. The molecule has 0 atom stereocenters. The molecule has 3 rings (SSSR count). The summed E-state index contributed by atoms with van der Waals surface area (Å²) in [6, 6.07) is 16.9. The monoisotopic (exact) mass is 658 g/mol. The summed E-state index contributed by atoms with van der Waals surface area (Å²) >= 11 is 0. The van der Waals surface area contributed by atoms with Crippen LogP contribution in [0.25, 0.3) is 6.08 Å². The Morgan fingerprint density at radius 1 is 0.729 bits per heavy atom. The molecule has 0 aliphatic heterocycles. The summed E-state index contributed by atoms with van der Waals surface area (Å²) < 4.78 is 16.5. The number of carbonyl (C=O) groups excluding carboxylic acids is 2. The van der Waals surface area contributed by atoms with Gasteiger partial charge in [-0.2, -0.15) is 0 Å². The van der Waals surface area contributed by atoms with Crippen molar-refractivity contribution in [2.45, 2.75) is 90.4 Å². The van der Waals surface area contributed by atoms with E-state index < -0.39 is 11.9 Å². The molecule has 0 spiro atoms. The zero-order chi connectivity index (χ0) is 34.6. The molecule has 0 aromatic heterocycles. The maximum atomic E-state index is 12.4. The van der Waals surface area contributed by atoms with Crippen LogP contribution in [0.4, 0.5) is 11.4 Å². The smallest absolute Gasteiger partial charge is 0.338 e. The van der Waals surface area contributed by atoms with Gasteiger partial charge in [0.2, 0.25) is 0 Å². The number of carboxylic acid groups (broad SMARTS) is 1. The number of carbonyl (C=O) groups is 3. The molecule has 0 aliphatic carbocycles. The molecule has 0 saturated carbocycles. The van der Waals surface area contributed by atoms with E-state index in [9.17, 15) is 19.5 Å². The molecule has 3 aromatic carbocycles. The third-order valence-corrected chi connectivity index (χ3v) is 7.96. The van der Waals surface area contributed by atoms with Gasteiger partial charge in [0.05, 0.1) is 24.3 Å². The molecular weight excluding hydrogens is 608 g/mol. The lowest BCUT2D eigenvalue weighted by molar-refractivity contribution is -0.128. The quantitative estimate of drug-likeness (QED) is 0.0317. The number of benzene rings is 3. The number of hydrogen-bond acceptors (Lipinski definition) is 8. The van der Waals surface area contributed by atoms with E-state index in [0.29, 0.717) is 47.9 Å². The molecular formula is C39H50N2O7. The highest BCUT2D eigenvalue weighted by molar-refractivity contribution is 5.93. The van der Waals surface area contributed by atoms with E-state index in [-0.39, 0.29) is 11.5 Å². The molecule has 5 N–H and O–H groups in total. The predicted octanol–water partition coefficient (Wildman–Crippen LogP) is 8.65. The largest absolute Gasteiger partial charge is 0.494 e. The molecule has 0 saturated heterocycles. The normalized spacial score (nSPS) is 11.0. The molecule has 0 fully saturated rings. The lowest BCUT2D eigenvalue weighted by Gasteiger charge is -2.11. The Hall–Kier alpha value is -4.79. The van der Waals surface area contributed by atoms with Gasteiger partial charge in [0.1, 0.15) is 11.5 Å². The Morgan fingerprint density at radius 3 is 1.98 bits per heavy atom. The van der Waals surface area contributed by atoms with Gasteiger partial charge in [0, 0.05) is 17.5 Å². The van der Waals surface area contributed by atoms with Crippen LogP contribution in [0.2, 0.25) is 0 Å². The number of rotatable bonds is 22. The van der Waals surface area contributed by atoms with E-state index in [1.165, 1.54) is 12.1 Å². The molecule has 0 heterocycles. The van der Waals surface area contributed by atoms with Crippen LogP contribution in [0, 0.1) is 0 Å². The van der Waals surface area contributed by atoms with E-state index in [2.05, 4.69) is 6.92 Å². The van der Waals surface area contributed by atoms with Gasteiger partial charge in [-0.25, -0.2) is 14.4 Å². The average Bonchev–Trinajstić information content (AvgIpc) is 3.07. The molecule has 9 nitrogen and oxygen atoms in total. The van der Waals surface area contributed by atoms with Gasteiger partial charge in [-0.3, -0.25) is 0 Å². The molecule has 0 bridgehead atoms. The number of hydrogen-bond donors (Lipinski definition) is 3. The Morgan fingerprint density at radius 2 is 1.33 bits per heavy atom. The van der Waals surface area contributed by atoms with Crippen LogP contribution in [0.3, 0.4) is 0 Å². The number of unbranched alkanes of at least 4 members (excludes halogenated alkanes) is 10. The average molecular weight is 659 g/mol. The van der Waals surface area contributed by atoms with Crippen LogP contribution in [0.1, 0.15) is 116 Å².